The third kappa shape index (κ3) is 7.70. The van der Waals surface area contributed by atoms with Crippen molar-refractivity contribution in [3.8, 4) is 11.1 Å². The molecule has 4 rings (SSSR count). The Labute approximate surface area is 240 Å². The lowest BCUT2D eigenvalue weighted by Gasteiger charge is -2.38. The number of hydrogen-bond acceptors (Lipinski definition) is 1. The number of halogens is 5. The van der Waals surface area contributed by atoms with Crippen LogP contribution < -0.4 is 0 Å². The van der Waals surface area contributed by atoms with Crippen molar-refractivity contribution in [1.29, 1.82) is 0 Å². The van der Waals surface area contributed by atoms with E-state index in [1.807, 2.05) is 0 Å². The summed E-state index contributed by atoms with van der Waals surface area (Å²) in [6.07, 6.45) is 18.7. The number of carboxylic acids is 1. The molecule has 0 saturated heterocycles. The SMILES string of the molecule is CCCCCCCCCC1CCC(C2CCC(c3cc(F)c(C(=O)O)c(F)c3-c3cc(F)c(F)c(F)c3)CC2)CC1. The Bertz CT molecular complexity index is 1160. The molecular weight excluding hydrogens is 535 g/mol. The molecule has 0 spiro atoms. The van der Waals surface area contributed by atoms with Gasteiger partial charge in [-0.05, 0) is 91.5 Å². The van der Waals surface area contributed by atoms with Crippen LogP contribution in [0.5, 0.6) is 0 Å². The molecule has 0 radical (unpaired) electrons. The zero-order valence-electron chi connectivity index (χ0n) is 24.1. The lowest BCUT2D eigenvalue weighted by Crippen LogP contribution is -2.25. The Morgan fingerprint density at radius 1 is 0.707 bits per heavy atom. The van der Waals surface area contributed by atoms with Gasteiger partial charge in [0.05, 0.1) is 0 Å². The molecule has 41 heavy (non-hydrogen) atoms. The average molecular weight is 579 g/mol. The highest BCUT2D eigenvalue weighted by atomic mass is 19.2. The maximum Gasteiger partial charge on any atom is 0.341 e. The van der Waals surface area contributed by atoms with Crippen LogP contribution in [0.3, 0.4) is 0 Å². The monoisotopic (exact) mass is 578 g/mol. The van der Waals surface area contributed by atoms with E-state index < -0.39 is 40.6 Å². The Morgan fingerprint density at radius 2 is 1.24 bits per heavy atom. The van der Waals surface area contributed by atoms with Crippen molar-refractivity contribution in [2.24, 2.45) is 17.8 Å². The summed E-state index contributed by atoms with van der Waals surface area (Å²) in [4.78, 5) is 11.6. The van der Waals surface area contributed by atoms with Crippen LogP contribution in [0.1, 0.15) is 131 Å². The smallest absolute Gasteiger partial charge is 0.341 e. The lowest BCUT2D eigenvalue weighted by atomic mass is 9.67. The van der Waals surface area contributed by atoms with Crippen molar-refractivity contribution in [1.82, 2.24) is 0 Å². The predicted molar refractivity (Wildman–Crippen MR) is 151 cm³/mol. The Hall–Kier alpha value is -2.44. The molecule has 0 bridgehead atoms. The summed E-state index contributed by atoms with van der Waals surface area (Å²) in [5.74, 6) is -7.47. The fourth-order valence-corrected chi connectivity index (χ4v) is 7.39. The van der Waals surface area contributed by atoms with E-state index in [1.165, 1.54) is 77.0 Å². The largest absolute Gasteiger partial charge is 0.477 e. The van der Waals surface area contributed by atoms with Gasteiger partial charge in [0.2, 0.25) is 0 Å². The van der Waals surface area contributed by atoms with E-state index in [9.17, 15) is 27.5 Å². The molecule has 7 heteroatoms. The number of carboxylic acid groups (broad SMARTS) is 1. The summed E-state index contributed by atoms with van der Waals surface area (Å²) in [7, 11) is 0. The molecule has 2 saturated carbocycles. The minimum absolute atomic E-state index is 0.187. The molecule has 2 aromatic rings. The van der Waals surface area contributed by atoms with E-state index in [1.54, 1.807) is 0 Å². The summed E-state index contributed by atoms with van der Waals surface area (Å²) in [6.45, 7) is 2.24. The van der Waals surface area contributed by atoms with Gasteiger partial charge in [0.15, 0.2) is 17.5 Å². The molecule has 2 fully saturated rings. The minimum atomic E-state index is -1.82. The Kier molecular flexibility index (Phi) is 11.2. The third-order valence-electron chi connectivity index (χ3n) is 9.72. The van der Waals surface area contributed by atoms with Crippen molar-refractivity contribution >= 4 is 5.97 Å². The van der Waals surface area contributed by atoms with Gasteiger partial charge in [0.1, 0.15) is 17.2 Å². The molecule has 0 aliphatic heterocycles. The van der Waals surface area contributed by atoms with E-state index >= 15 is 4.39 Å². The van der Waals surface area contributed by atoms with Gasteiger partial charge in [0, 0.05) is 5.56 Å². The van der Waals surface area contributed by atoms with Crippen LogP contribution in [0.25, 0.3) is 11.1 Å². The first-order chi connectivity index (χ1) is 19.7. The third-order valence-corrected chi connectivity index (χ3v) is 9.72. The molecule has 0 amide bonds. The van der Waals surface area contributed by atoms with Crippen molar-refractivity contribution in [2.45, 2.75) is 116 Å². The molecule has 0 heterocycles. The van der Waals surface area contributed by atoms with Gasteiger partial charge < -0.3 is 5.11 Å². The molecule has 2 aliphatic rings. The molecule has 2 aromatic carbocycles. The van der Waals surface area contributed by atoms with Gasteiger partial charge in [-0.2, -0.15) is 0 Å². The lowest BCUT2D eigenvalue weighted by molar-refractivity contribution is 0.0686. The first kappa shape index (κ1) is 31.5. The van der Waals surface area contributed by atoms with Crippen LogP contribution in [-0.2, 0) is 0 Å². The molecule has 1 N–H and O–H groups in total. The van der Waals surface area contributed by atoms with Crippen LogP contribution in [0, 0.1) is 46.8 Å². The average Bonchev–Trinajstić information content (AvgIpc) is 2.95. The van der Waals surface area contributed by atoms with Gasteiger partial charge in [-0.15, -0.1) is 0 Å². The Balaban J connectivity index is 1.38. The highest BCUT2D eigenvalue weighted by Crippen LogP contribution is 2.47. The number of unbranched alkanes of at least 4 members (excludes halogenated alkanes) is 6. The summed E-state index contributed by atoms with van der Waals surface area (Å²) in [5.41, 5.74) is -1.70. The van der Waals surface area contributed by atoms with Gasteiger partial charge in [0.25, 0.3) is 0 Å². The van der Waals surface area contributed by atoms with Crippen LogP contribution in [0.4, 0.5) is 22.0 Å². The maximum atomic E-state index is 15.5. The van der Waals surface area contributed by atoms with Crippen LogP contribution in [0.2, 0.25) is 0 Å². The first-order valence-corrected chi connectivity index (χ1v) is 15.6. The van der Waals surface area contributed by atoms with Crippen LogP contribution >= 0.6 is 0 Å². The highest BCUT2D eigenvalue weighted by Gasteiger charge is 2.34. The second-order valence-electron chi connectivity index (χ2n) is 12.4. The van der Waals surface area contributed by atoms with Crippen LogP contribution in [0.15, 0.2) is 18.2 Å². The summed E-state index contributed by atoms with van der Waals surface area (Å²) >= 11 is 0. The van der Waals surface area contributed by atoms with Gasteiger partial charge in [-0.25, -0.2) is 26.7 Å². The van der Waals surface area contributed by atoms with E-state index in [-0.39, 0.29) is 22.6 Å². The van der Waals surface area contributed by atoms with Gasteiger partial charge in [-0.1, -0.05) is 71.1 Å². The fraction of sp³-hybridized carbons (Fsp3) is 0.618. The second-order valence-corrected chi connectivity index (χ2v) is 12.4. The standard InChI is InChI=1S/C34H43F5O2/c1-2-3-4-5-6-7-8-9-21-10-12-22(13-11-21)23-14-16-24(17-15-23)26-20-27(35)31(34(40)41)33(39)30(26)25-18-28(36)32(38)29(37)19-25/h18-24H,2-17H2,1H3,(H,40,41). The number of carbonyl (C=O) groups is 1. The molecule has 226 valence electrons. The summed E-state index contributed by atoms with van der Waals surface area (Å²) in [6, 6.07) is 2.27. The Morgan fingerprint density at radius 3 is 1.80 bits per heavy atom. The summed E-state index contributed by atoms with van der Waals surface area (Å²) in [5, 5.41) is 9.38. The van der Waals surface area contributed by atoms with Crippen molar-refractivity contribution in [3.63, 3.8) is 0 Å². The normalized spacial score (nSPS) is 23.1. The van der Waals surface area contributed by atoms with E-state index in [0.717, 1.165) is 24.8 Å². The number of aromatic carboxylic acids is 1. The van der Waals surface area contributed by atoms with Crippen molar-refractivity contribution in [2.75, 3.05) is 0 Å². The molecule has 0 atom stereocenters. The molecule has 2 nitrogen and oxygen atoms in total. The maximum absolute atomic E-state index is 15.5. The highest BCUT2D eigenvalue weighted by molar-refractivity contribution is 5.91. The van der Waals surface area contributed by atoms with Crippen molar-refractivity contribution in [3.05, 3.63) is 58.4 Å². The van der Waals surface area contributed by atoms with Crippen LogP contribution in [-0.4, -0.2) is 11.1 Å². The molecule has 0 aromatic heterocycles. The van der Waals surface area contributed by atoms with Gasteiger partial charge in [-0.3, -0.25) is 0 Å². The van der Waals surface area contributed by atoms with E-state index in [2.05, 4.69) is 6.92 Å². The second kappa shape index (κ2) is 14.6. The number of benzene rings is 2. The number of rotatable bonds is 12. The molecular formula is C34H43F5O2. The summed E-state index contributed by atoms with van der Waals surface area (Å²) < 4.78 is 72.0. The van der Waals surface area contributed by atoms with E-state index in [0.29, 0.717) is 36.8 Å². The predicted octanol–water partition coefficient (Wildman–Crippen LogP) is 11.0. The minimum Gasteiger partial charge on any atom is -0.477 e. The van der Waals surface area contributed by atoms with E-state index in [4.69, 9.17) is 0 Å². The zero-order valence-corrected chi connectivity index (χ0v) is 24.1. The van der Waals surface area contributed by atoms with Gasteiger partial charge >= 0.3 is 5.97 Å². The quantitative estimate of drug-likeness (QED) is 0.155. The van der Waals surface area contributed by atoms with Crippen molar-refractivity contribution < 1.29 is 31.9 Å². The fourth-order valence-electron chi connectivity index (χ4n) is 7.39. The molecule has 0 unspecified atom stereocenters. The number of hydrogen-bond donors (Lipinski definition) is 1. The first-order valence-electron chi connectivity index (χ1n) is 15.6. The topological polar surface area (TPSA) is 37.3 Å². The zero-order chi connectivity index (χ0) is 29.5. The molecule has 2 aliphatic carbocycles.